The molecule has 1 atom stereocenters. The van der Waals surface area contributed by atoms with Gasteiger partial charge < -0.3 is 15.7 Å². The first-order valence-corrected chi connectivity index (χ1v) is 8.16. The van der Waals surface area contributed by atoms with E-state index in [0.29, 0.717) is 6.54 Å². The van der Waals surface area contributed by atoms with Crippen molar-refractivity contribution in [3.63, 3.8) is 0 Å². The molecule has 0 heterocycles. The van der Waals surface area contributed by atoms with E-state index in [9.17, 15) is 9.90 Å². The van der Waals surface area contributed by atoms with Crippen LogP contribution in [0.25, 0.3) is 0 Å². The van der Waals surface area contributed by atoms with Crippen LogP contribution in [0.1, 0.15) is 11.6 Å². The van der Waals surface area contributed by atoms with Crippen molar-refractivity contribution < 1.29 is 9.90 Å². The third-order valence-electron chi connectivity index (χ3n) is 3.09. The maximum absolute atomic E-state index is 11.9. The number of hydrogen-bond donors (Lipinski definition) is 3. The van der Waals surface area contributed by atoms with Crippen molar-refractivity contribution in [2.24, 2.45) is 0 Å². The molecule has 0 aliphatic heterocycles. The zero-order chi connectivity index (χ0) is 15.6. The molecule has 0 bridgehead atoms. The highest BCUT2D eigenvalue weighted by Gasteiger charge is 2.12. The number of aliphatic hydroxyl groups excluding tert-OH is 1. The topological polar surface area (TPSA) is 61.4 Å². The molecule has 0 saturated carbocycles. The Labute approximate surface area is 134 Å². The summed E-state index contributed by atoms with van der Waals surface area (Å²) in [5, 5.41) is 15.0. The second-order valence-electron chi connectivity index (χ2n) is 4.71. The van der Waals surface area contributed by atoms with Crippen molar-refractivity contribution in [1.29, 1.82) is 0 Å². The van der Waals surface area contributed by atoms with E-state index in [-0.39, 0.29) is 18.7 Å². The highest BCUT2D eigenvalue weighted by Crippen LogP contribution is 2.15. The lowest BCUT2D eigenvalue weighted by atomic mass is 10.1. The van der Waals surface area contributed by atoms with Gasteiger partial charge in [-0.3, -0.25) is 0 Å². The molecular weight excluding hydrogens is 296 g/mol. The molecular formula is C17H20N2O2S. The van der Waals surface area contributed by atoms with Gasteiger partial charge in [-0.2, -0.15) is 0 Å². The molecule has 116 valence electrons. The number of carbonyl (C=O) groups is 1. The minimum atomic E-state index is -0.386. The predicted octanol–water partition coefficient (Wildman–Crippen LogP) is 2.81. The quantitative estimate of drug-likeness (QED) is 0.544. The maximum Gasteiger partial charge on any atom is 0.315 e. The van der Waals surface area contributed by atoms with Crippen LogP contribution in [0.3, 0.4) is 0 Å². The molecule has 2 aromatic rings. The fourth-order valence-corrected chi connectivity index (χ4v) is 2.77. The number of nitrogens with one attached hydrogen (secondary N) is 2. The van der Waals surface area contributed by atoms with E-state index in [1.165, 1.54) is 4.90 Å². The third-order valence-corrected chi connectivity index (χ3v) is 4.10. The lowest BCUT2D eigenvalue weighted by Crippen LogP contribution is -2.40. The molecule has 0 spiro atoms. The number of aliphatic hydroxyl groups is 1. The molecule has 2 aromatic carbocycles. The van der Waals surface area contributed by atoms with Crippen molar-refractivity contribution in [3.05, 3.63) is 66.2 Å². The minimum absolute atomic E-state index is 0.129. The molecule has 3 N–H and O–H groups in total. The average molecular weight is 316 g/mol. The van der Waals surface area contributed by atoms with Crippen LogP contribution in [0.2, 0.25) is 0 Å². The standard InChI is InChI=1S/C17H20N2O2S/c20-13-16(14-7-3-1-4-8-14)19-17(21)18-11-12-22-15-9-5-2-6-10-15/h1-10,16,20H,11-13H2,(H2,18,19,21). The maximum atomic E-state index is 11.9. The number of benzene rings is 2. The monoisotopic (exact) mass is 316 g/mol. The van der Waals surface area contributed by atoms with Crippen molar-refractivity contribution in [2.75, 3.05) is 18.9 Å². The van der Waals surface area contributed by atoms with Gasteiger partial charge in [-0.05, 0) is 17.7 Å². The summed E-state index contributed by atoms with van der Waals surface area (Å²) >= 11 is 1.69. The summed E-state index contributed by atoms with van der Waals surface area (Å²) in [5.41, 5.74) is 0.888. The molecule has 0 fully saturated rings. The molecule has 22 heavy (non-hydrogen) atoms. The van der Waals surface area contributed by atoms with E-state index in [2.05, 4.69) is 10.6 Å². The van der Waals surface area contributed by atoms with Crippen molar-refractivity contribution in [1.82, 2.24) is 10.6 Å². The highest BCUT2D eigenvalue weighted by atomic mass is 32.2. The van der Waals surface area contributed by atoms with Crippen LogP contribution >= 0.6 is 11.8 Å². The molecule has 0 aromatic heterocycles. The molecule has 1 unspecified atom stereocenters. The Balaban J connectivity index is 1.71. The Kier molecular flexibility index (Phi) is 6.80. The summed E-state index contributed by atoms with van der Waals surface area (Å²) in [6, 6.07) is 18.8. The van der Waals surface area contributed by atoms with Crippen molar-refractivity contribution >= 4 is 17.8 Å². The molecule has 0 radical (unpaired) electrons. The smallest absolute Gasteiger partial charge is 0.315 e. The fraction of sp³-hybridized carbons (Fsp3) is 0.235. The highest BCUT2D eigenvalue weighted by molar-refractivity contribution is 7.99. The van der Waals surface area contributed by atoms with Crippen molar-refractivity contribution in [2.45, 2.75) is 10.9 Å². The van der Waals surface area contributed by atoms with Crippen LogP contribution in [0.4, 0.5) is 4.79 Å². The number of amides is 2. The number of carbonyl (C=O) groups excluding carboxylic acids is 1. The van der Waals surface area contributed by atoms with Gasteiger partial charge in [0.2, 0.25) is 0 Å². The van der Waals surface area contributed by atoms with E-state index in [0.717, 1.165) is 11.3 Å². The summed E-state index contributed by atoms with van der Waals surface area (Å²) < 4.78 is 0. The van der Waals surface area contributed by atoms with E-state index in [4.69, 9.17) is 0 Å². The molecule has 0 saturated heterocycles. The Bertz CT molecular complexity index is 563. The molecule has 2 rings (SSSR count). The largest absolute Gasteiger partial charge is 0.394 e. The van der Waals surface area contributed by atoms with Crippen LogP contribution in [-0.4, -0.2) is 30.0 Å². The fourth-order valence-electron chi connectivity index (χ4n) is 1.98. The molecule has 2 amide bonds. The first-order chi connectivity index (χ1) is 10.8. The van der Waals surface area contributed by atoms with Gasteiger partial charge in [0.05, 0.1) is 12.6 Å². The molecule has 0 aliphatic rings. The summed E-state index contributed by atoms with van der Waals surface area (Å²) in [4.78, 5) is 13.0. The average Bonchev–Trinajstić information content (AvgIpc) is 2.58. The second-order valence-corrected chi connectivity index (χ2v) is 5.88. The zero-order valence-corrected chi connectivity index (χ0v) is 13.1. The van der Waals surface area contributed by atoms with Crippen LogP contribution in [0.5, 0.6) is 0 Å². The lowest BCUT2D eigenvalue weighted by molar-refractivity contribution is 0.217. The zero-order valence-electron chi connectivity index (χ0n) is 12.2. The van der Waals surface area contributed by atoms with Crippen LogP contribution in [0.15, 0.2) is 65.6 Å². The van der Waals surface area contributed by atoms with Crippen molar-refractivity contribution in [3.8, 4) is 0 Å². The number of thioether (sulfide) groups is 1. The number of urea groups is 1. The second kappa shape index (κ2) is 9.12. The summed E-state index contributed by atoms with van der Waals surface area (Å²) in [5.74, 6) is 0.798. The van der Waals surface area contributed by atoms with Gasteiger partial charge in [0.25, 0.3) is 0 Å². The molecule has 0 aliphatic carbocycles. The Morgan fingerprint density at radius 2 is 1.68 bits per heavy atom. The number of hydrogen-bond acceptors (Lipinski definition) is 3. The van der Waals surface area contributed by atoms with Crippen LogP contribution in [0, 0.1) is 0 Å². The van der Waals surface area contributed by atoms with E-state index < -0.39 is 0 Å². The van der Waals surface area contributed by atoms with Gasteiger partial charge in [0.1, 0.15) is 0 Å². The van der Waals surface area contributed by atoms with Gasteiger partial charge >= 0.3 is 6.03 Å². The number of rotatable bonds is 7. The SMILES string of the molecule is O=C(NCCSc1ccccc1)NC(CO)c1ccccc1. The first kappa shape index (κ1) is 16.4. The predicted molar refractivity (Wildman–Crippen MR) is 90.0 cm³/mol. The molecule has 4 nitrogen and oxygen atoms in total. The molecule has 5 heteroatoms. The Morgan fingerprint density at radius 3 is 2.32 bits per heavy atom. The summed E-state index contributed by atoms with van der Waals surface area (Å²) in [6.07, 6.45) is 0. The normalized spacial score (nSPS) is 11.7. The van der Waals surface area contributed by atoms with Gasteiger partial charge in [-0.25, -0.2) is 4.79 Å². The Morgan fingerprint density at radius 1 is 1.05 bits per heavy atom. The lowest BCUT2D eigenvalue weighted by Gasteiger charge is -2.17. The van der Waals surface area contributed by atoms with Gasteiger partial charge in [0.15, 0.2) is 0 Å². The van der Waals surface area contributed by atoms with E-state index >= 15 is 0 Å². The third kappa shape index (κ3) is 5.42. The minimum Gasteiger partial charge on any atom is -0.394 e. The van der Waals surface area contributed by atoms with E-state index in [1.807, 2.05) is 60.7 Å². The van der Waals surface area contributed by atoms with Crippen LogP contribution < -0.4 is 10.6 Å². The van der Waals surface area contributed by atoms with E-state index in [1.54, 1.807) is 11.8 Å². The van der Waals surface area contributed by atoms with Gasteiger partial charge in [0, 0.05) is 17.2 Å². The van der Waals surface area contributed by atoms with Gasteiger partial charge in [-0.15, -0.1) is 11.8 Å². The Hall–Kier alpha value is -1.98. The summed E-state index contributed by atoms with van der Waals surface area (Å²) in [6.45, 7) is 0.439. The first-order valence-electron chi connectivity index (χ1n) is 7.17. The summed E-state index contributed by atoms with van der Waals surface area (Å²) in [7, 11) is 0. The van der Waals surface area contributed by atoms with Gasteiger partial charge in [-0.1, -0.05) is 48.5 Å². The van der Waals surface area contributed by atoms with Crippen LogP contribution in [-0.2, 0) is 0 Å².